The minimum absolute atomic E-state index is 0.0443. The van der Waals surface area contributed by atoms with Crippen molar-refractivity contribution in [1.29, 1.82) is 0 Å². The Kier molecular flexibility index (Phi) is 6.50. The van der Waals surface area contributed by atoms with E-state index >= 15 is 0 Å². The molecule has 176 valence electrons. The first-order chi connectivity index (χ1) is 15.7. The molecule has 2 N–H and O–H groups in total. The second-order valence-corrected chi connectivity index (χ2v) is 11.4. The number of anilines is 1. The number of carbonyl (C=O) groups is 1. The average Bonchev–Trinajstić information content (AvgIpc) is 3.46. The number of halogens is 1. The zero-order chi connectivity index (χ0) is 23.6. The van der Waals surface area contributed by atoms with E-state index in [2.05, 4.69) is 15.0 Å². The molecule has 33 heavy (non-hydrogen) atoms. The molecule has 2 aromatic rings. The van der Waals surface area contributed by atoms with Gasteiger partial charge in [0.1, 0.15) is 17.7 Å². The summed E-state index contributed by atoms with van der Waals surface area (Å²) in [5.41, 5.74) is 0.224. The third kappa shape index (κ3) is 5.07. The quantitative estimate of drug-likeness (QED) is 0.636. The maximum Gasteiger partial charge on any atom is 0.262 e. The number of aliphatic imine (C=N–C) groups is 1. The van der Waals surface area contributed by atoms with Crippen LogP contribution in [0.3, 0.4) is 0 Å². The second kappa shape index (κ2) is 9.20. The summed E-state index contributed by atoms with van der Waals surface area (Å²) in [6, 6.07) is 9.18. The van der Waals surface area contributed by atoms with Gasteiger partial charge in [0.15, 0.2) is 0 Å². The van der Waals surface area contributed by atoms with Crippen molar-refractivity contribution in [2.75, 3.05) is 18.4 Å². The van der Waals surface area contributed by atoms with Gasteiger partial charge in [-0.1, -0.05) is 6.07 Å². The first-order valence-corrected chi connectivity index (χ1v) is 13.3. The Bertz CT molecular complexity index is 1290. The van der Waals surface area contributed by atoms with E-state index in [0.29, 0.717) is 31.6 Å². The highest BCUT2D eigenvalue weighted by molar-refractivity contribution is 7.90. The molecule has 9 nitrogen and oxygen atoms in total. The van der Waals surface area contributed by atoms with E-state index in [1.54, 1.807) is 0 Å². The van der Waals surface area contributed by atoms with Crippen LogP contribution in [0.2, 0.25) is 0 Å². The van der Waals surface area contributed by atoms with Crippen LogP contribution in [-0.2, 0) is 24.8 Å². The van der Waals surface area contributed by atoms with Crippen LogP contribution in [0.25, 0.3) is 0 Å². The molecule has 1 unspecified atom stereocenters. The number of benzene rings is 2. The fraction of sp³-hybridized carbons (Fsp3) is 0.333. The lowest BCUT2D eigenvalue weighted by Crippen LogP contribution is -2.43. The number of carbonyl (C=O) groups excluding carboxylic acids is 1. The number of hydrogen-bond donors (Lipinski definition) is 2. The largest absolute Gasteiger partial charge is 0.325 e. The molecule has 0 radical (unpaired) electrons. The highest BCUT2D eigenvalue weighted by Gasteiger charge is 2.39. The molecule has 0 spiro atoms. The summed E-state index contributed by atoms with van der Waals surface area (Å²) in [5.74, 6) is -0.730. The highest BCUT2D eigenvalue weighted by atomic mass is 32.2. The molecule has 0 aromatic heterocycles. The van der Waals surface area contributed by atoms with Crippen LogP contribution < -0.4 is 10.0 Å². The van der Waals surface area contributed by atoms with Crippen molar-refractivity contribution in [2.24, 2.45) is 4.99 Å². The van der Waals surface area contributed by atoms with E-state index in [-0.39, 0.29) is 22.0 Å². The van der Waals surface area contributed by atoms with Gasteiger partial charge in [-0.05, 0) is 61.7 Å². The lowest BCUT2D eigenvalue weighted by molar-refractivity contribution is -0.119. The van der Waals surface area contributed by atoms with Gasteiger partial charge in [0.2, 0.25) is 15.9 Å². The van der Waals surface area contributed by atoms with E-state index in [4.69, 9.17) is 0 Å². The third-order valence-corrected chi connectivity index (χ3v) is 8.77. The number of nitrogens with zero attached hydrogens (tertiary/aromatic N) is 2. The van der Waals surface area contributed by atoms with E-state index in [1.165, 1.54) is 24.3 Å². The van der Waals surface area contributed by atoms with Gasteiger partial charge in [-0.25, -0.2) is 21.2 Å². The lowest BCUT2D eigenvalue weighted by atomic mass is 10.2. The Morgan fingerprint density at radius 3 is 2.48 bits per heavy atom. The highest BCUT2D eigenvalue weighted by Crippen LogP contribution is 2.27. The second-order valence-electron chi connectivity index (χ2n) is 7.78. The first kappa shape index (κ1) is 23.3. The Labute approximate surface area is 191 Å². The van der Waals surface area contributed by atoms with E-state index < -0.39 is 37.8 Å². The van der Waals surface area contributed by atoms with Crippen molar-refractivity contribution >= 4 is 37.5 Å². The molecule has 0 saturated carbocycles. The molecular formula is C21H23FN4O5S2. The minimum atomic E-state index is -4.00. The summed E-state index contributed by atoms with van der Waals surface area (Å²) in [5, 5.41) is 2.63. The summed E-state index contributed by atoms with van der Waals surface area (Å²) < 4.78 is 68.0. The molecule has 4 rings (SSSR count). The Morgan fingerprint density at radius 1 is 1.03 bits per heavy atom. The molecule has 1 saturated heterocycles. The SMILES string of the molecule is O=C(Nc1cccc(S(=O)(=O)NC2=NCCC2)c1)C1CCCN1S(=O)(=O)c1ccc(F)cc1. The van der Waals surface area contributed by atoms with Gasteiger partial charge in [0, 0.05) is 25.2 Å². The molecular weight excluding hydrogens is 471 g/mol. The lowest BCUT2D eigenvalue weighted by Gasteiger charge is -2.23. The van der Waals surface area contributed by atoms with Gasteiger partial charge in [-0.2, -0.15) is 4.31 Å². The van der Waals surface area contributed by atoms with Crippen LogP contribution in [0.15, 0.2) is 63.3 Å². The first-order valence-electron chi connectivity index (χ1n) is 10.4. The van der Waals surface area contributed by atoms with Gasteiger partial charge < -0.3 is 5.32 Å². The molecule has 2 aromatic carbocycles. The number of hydrogen-bond acceptors (Lipinski definition) is 6. The predicted molar refractivity (Wildman–Crippen MR) is 120 cm³/mol. The van der Waals surface area contributed by atoms with Crippen LogP contribution in [0.1, 0.15) is 25.7 Å². The van der Waals surface area contributed by atoms with Crippen molar-refractivity contribution in [3.05, 3.63) is 54.3 Å². The van der Waals surface area contributed by atoms with Gasteiger partial charge in [0.25, 0.3) is 10.0 Å². The Balaban J connectivity index is 1.51. The van der Waals surface area contributed by atoms with Gasteiger partial charge in [-0.15, -0.1) is 0 Å². The van der Waals surface area contributed by atoms with Crippen molar-refractivity contribution < 1.29 is 26.0 Å². The van der Waals surface area contributed by atoms with Crippen molar-refractivity contribution in [1.82, 2.24) is 9.03 Å². The third-order valence-electron chi connectivity index (χ3n) is 5.46. The molecule has 12 heteroatoms. The number of sulfonamides is 2. The van der Waals surface area contributed by atoms with Crippen LogP contribution in [0.5, 0.6) is 0 Å². The van der Waals surface area contributed by atoms with Gasteiger partial charge >= 0.3 is 0 Å². The topological polar surface area (TPSA) is 125 Å². The number of amidine groups is 1. The van der Waals surface area contributed by atoms with E-state index in [1.807, 2.05) is 0 Å². The fourth-order valence-corrected chi connectivity index (χ4v) is 6.63. The summed E-state index contributed by atoms with van der Waals surface area (Å²) in [7, 11) is -7.86. The molecule has 0 bridgehead atoms. The van der Waals surface area contributed by atoms with E-state index in [0.717, 1.165) is 35.0 Å². The van der Waals surface area contributed by atoms with Crippen LogP contribution >= 0.6 is 0 Å². The van der Waals surface area contributed by atoms with Gasteiger partial charge in [-0.3, -0.25) is 14.5 Å². The molecule has 1 atom stereocenters. The summed E-state index contributed by atoms with van der Waals surface area (Å²) in [4.78, 5) is 16.9. The van der Waals surface area contributed by atoms with Crippen molar-refractivity contribution in [3.63, 3.8) is 0 Å². The number of rotatable bonds is 6. The minimum Gasteiger partial charge on any atom is -0.325 e. The standard InChI is InChI=1S/C21H23FN4O5S2/c22-15-8-10-17(11-9-15)33(30,31)26-13-3-6-19(26)21(27)24-16-4-1-5-18(14-16)32(28,29)25-20-7-2-12-23-20/h1,4-5,8-11,14,19H,2-3,6-7,12-13H2,(H,23,25)(H,24,27). The Hall–Kier alpha value is -2.83. The summed E-state index contributed by atoms with van der Waals surface area (Å²) >= 11 is 0. The summed E-state index contributed by atoms with van der Waals surface area (Å²) in [6.07, 6.45) is 2.13. The molecule has 2 aliphatic rings. The van der Waals surface area contributed by atoms with Crippen molar-refractivity contribution in [2.45, 2.75) is 41.5 Å². The average molecular weight is 495 g/mol. The maximum absolute atomic E-state index is 13.2. The Morgan fingerprint density at radius 2 is 1.79 bits per heavy atom. The molecule has 0 aliphatic carbocycles. The smallest absolute Gasteiger partial charge is 0.262 e. The van der Waals surface area contributed by atoms with Crippen LogP contribution in [-0.4, -0.2) is 52.0 Å². The van der Waals surface area contributed by atoms with Crippen LogP contribution in [0, 0.1) is 5.82 Å². The fourth-order valence-electron chi connectivity index (χ4n) is 3.84. The maximum atomic E-state index is 13.2. The normalized spacial score (nSPS) is 19.3. The predicted octanol–water partition coefficient (Wildman–Crippen LogP) is 2.09. The molecule has 2 heterocycles. The molecule has 1 amide bonds. The monoisotopic (exact) mass is 494 g/mol. The number of nitrogens with one attached hydrogen (secondary N) is 2. The van der Waals surface area contributed by atoms with Crippen molar-refractivity contribution in [3.8, 4) is 0 Å². The summed E-state index contributed by atoms with van der Waals surface area (Å²) in [6.45, 7) is 0.727. The molecule has 1 fully saturated rings. The van der Waals surface area contributed by atoms with Gasteiger partial charge in [0.05, 0.1) is 9.79 Å². The number of amides is 1. The van der Waals surface area contributed by atoms with Crippen LogP contribution in [0.4, 0.5) is 10.1 Å². The zero-order valence-corrected chi connectivity index (χ0v) is 19.2. The zero-order valence-electron chi connectivity index (χ0n) is 17.6. The van der Waals surface area contributed by atoms with E-state index in [9.17, 15) is 26.0 Å². The molecule has 2 aliphatic heterocycles.